The van der Waals surface area contributed by atoms with Crippen LogP contribution in [0.15, 0.2) is 18.3 Å². The van der Waals surface area contributed by atoms with E-state index in [1.165, 1.54) is 0 Å². The quantitative estimate of drug-likeness (QED) is 0.716. The molecule has 96 valence electrons. The number of hydrogen-bond donors (Lipinski definition) is 3. The summed E-state index contributed by atoms with van der Waals surface area (Å²) >= 11 is 0. The predicted octanol–water partition coefficient (Wildman–Crippen LogP) is 0.434. The summed E-state index contributed by atoms with van der Waals surface area (Å²) in [5.74, 6) is 0.535. The Labute approximate surface area is 102 Å². The van der Waals surface area contributed by atoms with Crippen molar-refractivity contribution in [2.45, 2.75) is 19.4 Å². The smallest absolute Gasteiger partial charge is 0.212 e. The van der Waals surface area contributed by atoms with Gasteiger partial charge in [-0.25, -0.2) is 13.1 Å². The average Bonchev–Trinajstić information content (AvgIpc) is 2.80. The third kappa shape index (κ3) is 4.14. The molecule has 2 rings (SSSR count). The van der Waals surface area contributed by atoms with Crippen LogP contribution in [0.1, 0.15) is 18.5 Å². The fraction of sp³-hybridized carbons (Fsp3) is 0.636. The summed E-state index contributed by atoms with van der Waals surface area (Å²) in [6.07, 6.45) is 3.68. The minimum Gasteiger partial charge on any atom is -0.364 e. The van der Waals surface area contributed by atoms with E-state index in [0.29, 0.717) is 6.54 Å². The van der Waals surface area contributed by atoms with Crippen molar-refractivity contribution in [3.8, 4) is 0 Å². The van der Waals surface area contributed by atoms with E-state index in [1.807, 2.05) is 12.1 Å². The van der Waals surface area contributed by atoms with Crippen molar-refractivity contribution >= 4 is 10.0 Å². The number of aromatic amines is 1. The number of rotatable bonds is 5. The summed E-state index contributed by atoms with van der Waals surface area (Å²) in [7, 11) is -3.16. The Bertz CT molecular complexity index is 422. The summed E-state index contributed by atoms with van der Waals surface area (Å²) < 4.78 is 26.3. The molecule has 0 unspecified atom stereocenters. The third-order valence-corrected chi connectivity index (χ3v) is 4.55. The highest BCUT2D eigenvalue weighted by molar-refractivity contribution is 7.89. The molecule has 1 aromatic rings. The zero-order valence-electron chi connectivity index (χ0n) is 9.78. The largest absolute Gasteiger partial charge is 0.364 e. The predicted molar refractivity (Wildman–Crippen MR) is 67.0 cm³/mol. The third-order valence-electron chi connectivity index (χ3n) is 3.06. The molecule has 6 heteroatoms. The van der Waals surface area contributed by atoms with E-state index in [4.69, 9.17) is 0 Å². The second kappa shape index (κ2) is 5.66. The molecule has 0 amide bonds. The van der Waals surface area contributed by atoms with Gasteiger partial charge in [-0.15, -0.1) is 0 Å². The molecule has 0 atom stereocenters. The van der Waals surface area contributed by atoms with Gasteiger partial charge in [0.15, 0.2) is 0 Å². The van der Waals surface area contributed by atoms with Crippen molar-refractivity contribution in [3.63, 3.8) is 0 Å². The number of sulfonamides is 1. The summed E-state index contributed by atoms with van der Waals surface area (Å²) in [6, 6.07) is 3.73. The second-order valence-electron chi connectivity index (χ2n) is 4.49. The maximum atomic E-state index is 11.8. The average molecular weight is 257 g/mol. The summed E-state index contributed by atoms with van der Waals surface area (Å²) in [6.45, 7) is 2.20. The molecule has 0 bridgehead atoms. The lowest BCUT2D eigenvalue weighted by molar-refractivity contribution is 0.400. The Morgan fingerprint density at radius 2 is 2.12 bits per heavy atom. The minimum absolute atomic E-state index is 0.245. The van der Waals surface area contributed by atoms with E-state index in [1.54, 1.807) is 6.20 Å². The van der Waals surface area contributed by atoms with Crippen LogP contribution in [0.2, 0.25) is 0 Å². The fourth-order valence-electron chi connectivity index (χ4n) is 2.08. The van der Waals surface area contributed by atoms with Gasteiger partial charge < -0.3 is 10.3 Å². The van der Waals surface area contributed by atoms with Crippen molar-refractivity contribution < 1.29 is 8.42 Å². The van der Waals surface area contributed by atoms with Crippen LogP contribution in [0, 0.1) is 5.92 Å². The number of nitrogens with one attached hydrogen (secondary N) is 3. The maximum absolute atomic E-state index is 11.8. The van der Waals surface area contributed by atoms with E-state index in [-0.39, 0.29) is 11.7 Å². The number of hydrogen-bond acceptors (Lipinski definition) is 3. The maximum Gasteiger partial charge on any atom is 0.212 e. The van der Waals surface area contributed by atoms with Crippen LogP contribution in [0.25, 0.3) is 0 Å². The van der Waals surface area contributed by atoms with Crippen LogP contribution < -0.4 is 10.0 Å². The molecule has 1 aromatic heterocycles. The zero-order chi connectivity index (χ0) is 12.1. The fourth-order valence-corrected chi connectivity index (χ4v) is 3.53. The molecule has 5 nitrogen and oxygen atoms in total. The van der Waals surface area contributed by atoms with Crippen molar-refractivity contribution in [3.05, 3.63) is 24.0 Å². The number of aromatic nitrogens is 1. The van der Waals surface area contributed by atoms with Gasteiger partial charge in [0.05, 0.1) is 12.3 Å². The van der Waals surface area contributed by atoms with E-state index in [0.717, 1.165) is 31.6 Å². The molecule has 1 aliphatic heterocycles. The van der Waals surface area contributed by atoms with Gasteiger partial charge in [0.25, 0.3) is 0 Å². The zero-order valence-corrected chi connectivity index (χ0v) is 10.6. The topological polar surface area (TPSA) is 74.0 Å². The highest BCUT2D eigenvalue weighted by Gasteiger charge is 2.20. The van der Waals surface area contributed by atoms with Crippen molar-refractivity contribution in [1.82, 2.24) is 15.0 Å². The van der Waals surface area contributed by atoms with E-state index >= 15 is 0 Å². The van der Waals surface area contributed by atoms with E-state index in [2.05, 4.69) is 15.0 Å². The van der Waals surface area contributed by atoms with Crippen molar-refractivity contribution in [2.75, 3.05) is 18.8 Å². The second-order valence-corrected chi connectivity index (χ2v) is 6.34. The van der Waals surface area contributed by atoms with Gasteiger partial charge in [0, 0.05) is 11.9 Å². The van der Waals surface area contributed by atoms with Crippen LogP contribution in [-0.4, -0.2) is 32.2 Å². The lowest BCUT2D eigenvalue weighted by Gasteiger charge is -2.22. The molecule has 1 aliphatic rings. The van der Waals surface area contributed by atoms with Gasteiger partial charge in [-0.2, -0.15) is 0 Å². The van der Waals surface area contributed by atoms with Gasteiger partial charge in [0.2, 0.25) is 10.0 Å². The van der Waals surface area contributed by atoms with Crippen LogP contribution in [0.5, 0.6) is 0 Å². The molecule has 0 aromatic carbocycles. The van der Waals surface area contributed by atoms with Crippen LogP contribution in [0.4, 0.5) is 0 Å². The number of H-pyrrole nitrogens is 1. The molecular weight excluding hydrogens is 238 g/mol. The monoisotopic (exact) mass is 257 g/mol. The minimum atomic E-state index is -3.16. The standard InChI is InChI=1S/C11H19N3O2S/c15-17(16,9-10-3-6-12-7-4-10)14-8-11-2-1-5-13-11/h1-2,5,10,12-14H,3-4,6-9H2. The highest BCUT2D eigenvalue weighted by Crippen LogP contribution is 2.13. The molecule has 0 radical (unpaired) electrons. The first-order valence-corrected chi connectivity index (χ1v) is 7.61. The molecule has 0 aliphatic carbocycles. The molecule has 0 saturated carbocycles. The first-order valence-electron chi connectivity index (χ1n) is 5.96. The first kappa shape index (κ1) is 12.6. The summed E-state index contributed by atoms with van der Waals surface area (Å²) in [4.78, 5) is 2.98. The molecule has 17 heavy (non-hydrogen) atoms. The lowest BCUT2D eigenvalue weighted by atomic mass is 10.0. The van der Waals surface area contributed by atoms with E-state index in [9.17, 15) is 8.42 Å². The Balaban J connectivity index is 1.81. The Kier molecular flexibility index (Phi) is 4.20. The van der Waals surface area contributed by atoms with Gasteiger partial charge in [-0.1, -0.05) is 0 Å². The first-order chi connectivity index (χ1) is 8.16. The lowest BCUT2D eigenvalue weighted by Crippen LogP contribution is -2.35. The van der Waals surface area contributed by atoms with Crippen molar-refractivity contribution in [1.29, 1.82) is 0 Å². The summed E-state index contributed by atoms with van der Waals surface area (Å²) in [5.41, 5.74) is 0.888. The van der Waals surface area contributed by atoms with E-state index < -0.39 is 10.0 Å². The number of piperidine rings is 1. The summed E-state index contributed by atoms with van der Waals surface area (Å²) in [5, 5.41) is 3.23. The highest BCUT2D eigenvalue weighted by atomic mass is 32.2. The molecule has 2 heterocycles. The van der Waals surface area contributed by atoms with Gasteiger partial charge in [-0.3, -0.25) is 0 Å². The van der Waals surface area contributed by atoms with Gasteiger partial charge >= 0.3 is 0 Å². The van der Waals surface area contributed by atoms with Crippen LogP contribution >= 0.6 is 0 Å². The van der Waals surface area contributed by atoms with Crippen molar-refractivity contribution in [2.24, 2.45) is 5.92 Å². The van der Waals surface area contributed by atoms with Gasteiger partial charge in [0.1, 0.15) is 0 Å². The Morgan fingerprint density at radius 1 is 1.35 bits per heavy atom. The van der Waals surface area contributed by atoms with Gasteiger partial charge in [-0.05, 0) is 44.0 Å². The molecule has 1 saturated heterocycles. The van der Waals surface area contributed by atoms with Crippen LogP contribution in [-0.2, 0) is 16.6 Å². The Hall–Kier alpha value is -0.850. The molecule has 1 fully saturated rings. The molecule has 3 N–H and O–H groups in total. The normalized spacial score (nSPS) is 18.4. The molecule has 0 spiro atoms. The molecular formula is C11H19N3O2S. The SMILES string of the molecule is O=S(=O)(CC1CCNCC1)NCc1ccc[nH]1. The Morgan fingerprint density at radius 3 is 2.76 bits per heavy atom. The van der Waals surface area contributed by atoms with Crippen LogP contribution in [0.3, 0.4) is 0 Å².